The SMILES string of the molecule is CC1(C)S[C@@H]2[C@H](NC(=O)[C@H](NC(=O)c3cccc(-c4cn[nH]n4)c3)c3ccccc3)C(=O)N2[C@H]1C(=O)O. The van der Waals surface area contributed by atoms with Crippen molar-refractivity contribution in [1.29, 1.82) is 0 Å². The van der Waals surface area contributed by atoms with Crippen LogP contribution in [0.1, 0.15) is 35.8 Å². The number of carboxylic acids is 1. The lowest BCUT2D eigenvalue weighted by Crippen LogP contribution is -2.71. The van der Waals surface area contributed by atoms with Gasteiger partial charge in [0, 0.05) is 15.9 Å². The van der Waals surface area contributed by atoms with Gasteiger partial charge in [-0.1, -0.05) is 42.5 Å². The fraction of sp³-hybridized carbons (Fsp3) is 0.280. The number of aromatic nitrogens is 3. The number of nitrogens with zero attached hydrogens (tertiary/aromatic N) is 3. The van der Waals surface area contributed by atoms with E-state index < -0.39 is 51.9 Å². The van der Waals surface area contributed by atoms with Crippen LogP contribution in [0.5, 0.6) is 0 Å². The van der Waals surface area contributed by atoms with E-state index >= 15 is 0 Å². The summed E-state index contributed by atoms with van der Waals surface area (Å²) in [6.07, 6.45) is 1.54. The van der Waals surface area contributed by atoms with Gasteiger partial charge in [0.1, 0.15) is 29.2 Å². The Balaban J connectivity index is 1.36. The maximum Gasteiger partial charge on any atom is 0.327 e. The third-order valence-corrected chi connectivity index (χ3v) is 8.05. The Kier molecular flexibility index (Phi) is 6.20. The lowest BCUT2D eigenvalue weighted by atomic mass is 9.95. The molecule has 11 nitrogen and oxygen atoms in total. The number of carbonyl (C=O) groups is 4. The highest BCUT2D eigenvalue weighted by atomic mass is 32.2. The summed E-state index contributed by atoms with van der Waals surface area (Å²) in [6, 6.07) is 12.5. The maximum atomic E-state index is 13.4. The van der Waals surface area contributed by atoms with E-state index in [1.54, 1.807) is 68.4 Å². The molecular formula is C25H24N6O5S. The second kappa shape index (κ2) is 9.36. The molecule has 3 aromatic rings. The molecule has 2 aliphatic rings. The smallest absolute Gasteiger partial charge is 0.327 e. The van der Waals surface area contributed by atoms with Crippen molar-refractivity contribution in [1.82, 2.24) is 30.9 Å². The Morgan fingerprint density at radius 2 is 1.89 bits per heavy atom. The first-order chi connectivity index (χ1) is 17.7. The number of thioether (sulfide) groups is 1. The summed E-state index contributed by atoms with van der Waals surface area (Å²) in [7, 11) is 0. The van der Waals surface area contributed by atoms with Crippen molar-refractivity contribution in [3.8, 4) is 11.3 Å². The molecular weight excluding hydrogens is 496 g/mol. The van der Waals surface area contributed by atoms with E-state index in [9.17, 15) is 24.3 Å². The molecule has 0 unspecified atom stereocenters. The molecule has 12 heteroatoms. The van der Waals surface area contributed by atoms with E-state index in [0.717, 1.165) is 0 Å². The molecule has 3 amide bonds. The Morgan fingerprint density at radius 3 is 2.57 bits per heavy atom. The molecule has 37 heavy (non-hydrogen) atoms. The molecule has 2 saturated heterocycles. The van der Waals surface area contributed by atoms with Crippen LogP contribution in [0.3, 0.4) is 0 Å². The number of hydrogen-bond acceptors (Lipinski definition) is 7. The zero-order valence-corrected chi connectivity index (χ0v) is 20.7. The number of hydrogen-bond donors (Lipinski definition) is 4. The van der Waals surface area contributed by atoms with E-state index in [1.807, 2.05) is 0 Å². The summed E-state index contributed by atoms with van der Waals surface area (Å²) in [4.78, 5) is 52.6. The Labute approximate surface area is 216 Å². The molecule has 2 fully saturated rings. The number of rotatable bonds is 7. The van der Waals surface area contributed by atoms with Crippen molar-refractivity contribution in [2.24, 2.45) is 0 Å². The number of β-lactam (4-membered cyclic amide) rings is 1. The van der Waals surface area contributed by atoms with E-state index in [2.05, 4.69) is 26.0 Å². The molecule has 3 heterocycles. The quantitative estimate of drug-likeness (QED) is 0.342. The highest BCUT2D eigenvalue weighted by Gasteiger charge is 2.64. The van der Waals surface area contributed by atoms with Gasteiger partial charge in [-0.05, 0) is 31.5 Å². The van der Waals surface area contributed by atoms with Gasteiger partial charge in [-0.15, -0.1) is 11.8 Å². The van der Waals surface area contributed by atoms with Gasteiger partial charge < -0.3 is 20.6 Å². The number of carboxylic acid groups (broad SMARTS) is 1. The van der Waals surface area contributed by atoms with E-state index in [0.29, 0.717) is 22.4 Å². The molecule has 190 valence electrons. The lowest BCUT2D eigenvalue weighted by Gasteiger charge is -2.44. The number of fused-ring (bicyclic) bond motifs is 1. The van der Waals surface area contributed by atoms with Gasteiger partial charge in [0.25, 0.3) is 5.91 Å². The Morgan fingerprint density at radius 1 is 1.14 bits per heavy atom. The molecule has 1 aromatic heterocycles. The summed E-state index contributed by atoms with van der Waals surface area (Å²) in [6.45, 7) is 3.53. The number of amides is 3. The van der Waals surface area contributed by atoms with Crippen molar-refractivity contribution in [2.75, 3.05) is 0 Å². The van der Waals surface area contributed by atoms with Gasteiger partial charge in [-0.25, -0.2) is 4.79 Å². The first-order valence-corrected chi connectivity index (χ1v) is 12.4. The zero-order chi connectivity index (χ0) is 26.3. The first kappa shape index (κ1) is 24.5. The number of carbonyl (C=O) groups excluding carboxylic acids is 3. The zero-order valence-electron chi connectivity index (χ0n) is 19.9. The van der Waals surface area contributed by atoms with Gasteiger partial charge in [-0.2, -0.15) is 15.4 Å². The van der Waals surface area contributed by atoms with Crippen molar-refractivity contribution < 1.29 is 24.3 Å². The van der Waals surface area contributed by atoms with E-state index in [-0.39, 0.29) is 0 Å². The van der Waals surface area contributed by atoms with Crippen LogP contribution in [0, 0.1) is 0 Å². The fourth-order valence-electron chi connectivity index (χ4n) is 4.70. The number of nitrogens with one attached hydrogen (secondary N) is 3. The highest BCUT2D eigenvalue weighted by molar-refractivity contribution is 8.01. The summed E-state index contributed by atoms with van der Waals surface area (Å²) >= 11 is 1.34. The minimum absolute atomic E-state index is 0.317. The predicted molar refractivity (Wildman–Crippen MR) is 134 cm³/mol. The number of benzene rings is 2. The average Bonchev–Trinajstić information content (AvgIpc) is 3.51. The Bertz CT molecular complexity index is 1360. The van der Waals surface area contributed by atoms with Crippen LogP contribution in [-0.4, -0.2) is 71.3 Å². The predicted octanol–water partition coefficient (Wildman–Crippen LogP) is 1.57. The minimum atomic E-state index is -1.08. The Hall–Kier alpha value is -4.19. The minimum Gasteiger partial charge on any atom is -0.480 e. The topological polar surface area (TPSA) is 157 Å². The van der Waals surface area contributed by atoms with E-state index in [1.165, 1.54) is 22.9 Å². The first-order valence-electron chi connectivity index (χ1n) is 11.5. The number of H-pyrrole nitrogens is 1. The average molecular weight is 521 g/mol. The van der Waals surface area contributed by atoms with Crippen molar-refractivity contribution in [3.63, 3.8) is 0 Å². The monoisotopic (exact) mass is 520 g/mol. The highest BCUT2D eigenvalue weighted by Crippen LogP contribution is 2.50. The molecule has 2 aliphatic heterocycles. The summed E-state index contributed by atoms with van der Waals surface area (Å²) in [5.74, 6) is -2.59. The number of aromatic amines is 1. The summed E-state index contributed by atoms with van der Waals surface area (Å²) in [5, 5.41) is 25.0. The molecule has 0 spiro atoms. The molecule has 0 aliphatic carbocycles. The standard InChI is InChI=1S/C25H24N6O5S/c1-25(2)19(24(35)36)31-22(34)18(23(31)37-25)28-21(33)17(13-7-4-3-5-8-13)27-20(32)15-10-6-9-14(11-15)16-12-26-30-29-16/h3-12,17-19,23H,1-2H3,(H,27,32)(H,28,33)(H,35,36)(H,26,29,30)/t17-,18-,19+,23-/m1/s1. The van der Waals surface area contributed by atoms with Gasteiger partial charge in [0.05, 0.1) is 6.20 Å². The van der Waals surface area contributed by atoms with Crippen LogP contribution in [0.4, 0.5) is 0 Å². The second-order valence-corrected chi connectivity index (χ2v) is 11.1. The van der Waals surface area contributed by atoms with Crippen LogP contribution in [0.15, 0.2) is 60.8 Å². The third kappa shape index (κ3) is 4.44. The van der Waals surface area contributed by atoms with Gasteiger partial charge in [-0.3, -0.25) is 14.4 Å². The molecule has 4 atom stereocenters. The van der Waals surface area contributed by atoms with Crippen molar-refractivity contribution in [3.05, 3.63) is 71.9 Å². The van der Waals surface area contributed by atoms with Crippen molar-refractivity contribution in [2.45, 2.75) is 42.1 Å². The van der Waals surface area contributed by atoms with Gasteiger partial charge >= 0.3 is 5.97 Å². The summed E-state index contributed by atoms with van der Waals surface area (Å²) in [5.41, 5.74) is 2.10. The molecule has 5 rings (SSSR count). The molecule has 2 aromatic carbocycles. The molecule has 0 bridgehead atoms. The summed E-state index contributed by atoms with van der Waals surface area (Å²) < 4.78 is -0.715. The largest absolute Gasteiger partial charge is 0.480 e. The van der Waals surface area contributed by atoms with E-state index in [4.69, 9.17) is 0 Å². The molecule has 0 radical (unpaired) electrons. The third-order valence-electron chi connectivity index (χ3n) is 6.48. The van der Waals surface area contributed by atoms with Crippen LogP contribution in [-0.2, 0) is 14.4 Å². The van der Waals surface area contributed by atoms with Crippen LogP contribution in [0.2, 0.25) is 0 Å². The van der Waals surface area contributed by atoms with Gasteiger partial charge in [0.2, 0.25) is 11.8 Å². The molecule has 4 N–H and O–H groups in total. The fourth-order valence-corrected chi connectivity index (χ4v) is 6.33. The molecule has 0 saturated carbocycles. The maximum absolute atomic E-state index is 13.4. The lowest BCUT2D eigenvalue weighted by molar-refractivity contribution is -0.161. The van der Waals surface area contributed by atoms with Gasteiger partial charge in [0.15, 0.2) is 0 Å². The normalized spacial score (nSPS) is 22.5. The van der Waals surface area contributed by atoms with Crippen LogP contribution < -0.4 is 10.6 Å². The number of aliphatic carboxylic acids is 1. The van der Waals surface area contributed by atoms with Crippen LogP contribution in [0.25, 0.3) is 11.3 Å². The van der Waals surface area contributed by atoms with Crippen LogP contribution >= 0.6 is 11.8 Å². The van der Waals surface area contributed by atoms with Crippen molar-refractivity contribution >= 4 is 35.5 Å². The second-order valence-electron chi connectivity index (χ2n) is 9.34.